The molecule has 8 nitrogen and oxygen atoms in total. The zero-order valence-electron chi connectivity index (χ0n) is 16.8. The maximum Gasteiger partial charge on any atom is 0.228 e. The van der Waals surface area contributed by atoms with Crippen molar-refractivity contribution >= 4 is 9.84 Å². The van der Waals surface area contributed by atoms with E-state index in [0.29, 0.717) is 13.1 Å². The van der Waals surface area contributed by atoms with E-state index < -0.39 is 9.84 Å². The van der Waals surface area contributed by atoms with Gasteiger partial charge in [0.05, 0.1) is 37.0 Å². The number of imidazole rings is 1. The van der Waals surface area contributed by atoms with Gasteiger partial charge in [0.2, 0.25) is 15.0 Å². The molecule has 1 N–H and O–H groups in total. The molecule has 2 heterocycles. The van der Waals surface area contributed by atoms with Crippen molar-refractivity contribution in [2.45, 2.75) is 24.7 Å². The summed E-state index contributed by atoms with van der Waals surface area (Å²) < 4.78 is 32.4. The van der Waals surface area contributed by atoms with Crippen molar-refractivity contribution in [2.24, 2.45) is 0 Å². The number of nitrogens with zero attached hydrogens (tertiary/aromatic N) is 4. The number of aromatic nitrogens is 4. The van der Waals surface area contributed by atoms with E-state index in [2.05, 4.69) is 20.1 Å². The Morgan fingerprint density at radius 2 is 1.97 bits per heavy atom. The molecular weight excluding hydrogens is 390 g/mol. The number of sulfone groups is 1. The third kappa shape index (κ3) is 5.75. The topological polar surface area (TPSA) is 93.1 Å². The Balaban J connectivity index is 1.81. The normalized spacial score (nSPS) is 12.0. The van der Waals surface area contributed by atoms with Gasteiger partial charge in [0.1, 0.15) is 0 Å². The highest BCUT2D eigenvalue weighted by molar-refractivity contribution is 7.91. The average molecular weight is 418 g/mol. The minimum Gasteiger partial charge on any atom is -0.384 e. The number of H-pyrrole nitrogens is 1. The first-order valence-corrected chi connectivity index (χ1v) is 11.1. The van der Waals surface area contributed by atoms with Crippen molar-refractivity contribution in [3.63, 3.8) is 0 Å². The van der Waals surface area contributed by atoms with E-state index in [4.69, 9.17) is 4.74 Å². The van der Waals surface area contributed by atoms with Gasteiger partial charge in [0, 0.05) is 26.4 Å². The Morgan fingerprint density at radius 1 is 1.17 bits per heavy atom. The van der Waals surface area contributed by atoms with E-state index in [1.54, 1.807) is 10.8 Å². The van der Waals surface area contributed by atoms with Gasteiger partial charge in [-0.05, 0) is 24.6 Å². The molecule has 0 saturated carbocycles. The lowest BCUT2D eigenvalue weighted by Gasteiger charge is -2.18. The summed E-state index contributed by atoms with van der Waals surface area (Å²) in [4.78, 5) is 6.43. The average Bonchev–Trinajstić information content (AvgIpc) is 3.36. The van der Waals surface area contributed by atoms with Crippen LogP contribution < -0.4 is 0 Å². The molecule has 0 bridgehead atoms. The number of rotatable bonds is 11. The lowest BCUT2D eigenvalue weighted by molar-refractivity contribution is 0.217. The van der Waals surface area contributed by atoms with Gasteiger partial charge in [-0.3, -0.25) is 5.10 Å². The number of aromatic amines is 1. The SMILES string of the molecule is COCCS(=O)(=O)c1ncc(CN(C)CCc2cn[nH]c2)n1Cc1ccccc1. The minimum atomic E-state index is -3.54. The Labute approximate surface area is 171 Å². The smallest absolute Gasteiger partial charge is 0.228 e. The van der Waals surface area contributed by atoms with Crippen LogP contribution in [0.5, 0.6) is 0 Å². The number of hydrogen-bond acceptors (Lipinski definition) is 6. The second-order valence-corrected chi connectivity index (χ2v) is 9.01. The van der Waals surface area contributed by atoms with Crippen LogP contribution in [0, 0.1) is 0 Å². The molecule has 0 fully saturated rings. The standard InChI is InChI=1S/C20H27N5O3S/c1-24(9-8-18-12-22-23-13-18)16-19-14-21-20(29(26,27)11-10-28-2)25(19)15-17-6-4-3-5-7-17/h3-7,12-14H,8-11,15-16H2,1-2H3,(H,22,23). The minimum absolute atomic E-state index is 0.0922. The highest BCUT2D eigenvalue weighted by atomic mass is 32.2. The fourth-order valence-corrected chi connectivity index (χ4v) is 4.38. The third-order valence-electron chi connectivity index (χ3n) is 4.69. The highest BCUT2D eigenvalue weighted by Gasteiger charge is 2.23. The Kier molecular flexibility index (Phi) is 7.18. The van der Waals surface area contributed by atoms with E-state index in [9.17, 15) is 8.42 Å². The van der Waals surface area contributed by atoms with Crippen LogP contribution in [-0.2, 0) is 34.1 Å². The molecule has 0 radical (unpaired) electrons. The fraction of sp³-hybridized carbons (Fsp3) is 0.400. The predicted octanol–water partition coefficient (Wildman–Crippen LogP) is 1.75. The third-order valence-corrected chi connectivity index (χ3v) is 6.27. The van der Waals surface area contributed by atoms with Crippen molar-refractivity contribution in [1.29, 1.82) is 0 Å². The van der Waals surface area contributed by atoms with E-state index >= 15 is 0 Å². The van der Waals surface area contributed by atoms with Gasteiger partial charge in [0.25, 0.3) is 0 Å². The van der Waals surface area contributed by atoms with Gasteiger partial charge in [-0.1, -0.05) is 30.3 Å². The zero-order chi connectivity index (χ0) is 20.7. The van der Waals surface area contributed by atoms with Crippen molar-refractivity contribution in [3.05, 3.63) is 65.7 Å². The summed E-state index contributed by atoms with van der Waals surface area (Å²) in [7, 11) is -0.0346. The summed E-state index contributed by atoms with van der Waals surface area (Å²) in [6.45, 7) is 2.01. The Bertz CT molecular complexity index is 985. The summed E-state index contributed by atoms with van der Waals surface area (Å²) in [6.07, 6.45) is 6.22. The van der Waals surface area contributed by atoms with Gasteiger partial charge in [-0.2, -0.15) is 5.10 Å². The van der Waals surface area contributed by atoms with Gasteiger partial charge < -0.3 is 14.2 Å². The van der Waals surface area contributed by atoms with Crippen molar-refractivity contribution in [2.75, 3.05) is 33.1 Å². The second-order valence-electron chi connectivity index (χ2n) is 7.01. The van der Waals surface area contributed by atoms with Crippen LogP contribution in [0.4, 0.5) is 0 Å². The molecule has 156 valence electrons. The van der Waals surface area contributed by atoms with Crippen LogP contribution in [0.1, 0.15) is 16.8 Å². The lowest BCUT2D eigenvalue weighted by atomic mass is 10.2. The number of ether oxygens (including phenoxy) is 1. The van der Waals surface area contributed by atoms with Crippen molar-refractivity contribution in [3.8, 4) is 0 Å². The molecule has 0 spiro atoms. The van der Waals surface area contributed by atoms with E-state index in [1.807, 2.05) is 49.8 Å². The number of nitrogens with one attached hydrogen (secondary N) is 1. The van der Waals surface area contributed by atoms with E-state index in [1.165, 1.54) is 7.11 Å². The Hall–Kier alpha value is -2.49. The molecule has 0 saturated heterocycles. The molecule has 1 aromatic carbocycles. The summed E-state index contributed by atoms with van der Waals surface area (Å²) in [5.74, 6) is -0.0922. The monoisotopic (exact) mass is 417 g/mol. The van der Waals surface area contributed by atoms with Gasteiger partial charge in [0.15, 0.2) is 0 Å². The molecule has 3 rings (SSSR count). The number of methoxy groups -OCH3 is 1. The number of hydrogen-bond donors (Lipinski definition) is 1. The summed E-state index contributed by atoms with van der Waals surface area (Å²) in [6, 6.07) is 9.80. The van der Waals surface area contributed by atoms with Crippen molar-refractivity contribution < 1.29 is 13.2 Å². The molecule has 0 aliphatic carbocycles. The maximum atomic E-state index is 12.8. The molecule has 0 unspecified atom stereocenters. The van der Waals surface area contributed by atoms with E-state index in [-0.39, 0.29) is 17.5 Å². The second kappa shape index (κ2) is 9.82. The molecule has 0 aliphatic rings. The van der Waals surface area contributed by atoms with E-state index in [0.717, 1.165) is 29.8 Å². The van der Waals surface area contributed by atoms with Crippen LogP contribution in [0.2, 0.25) is 0 Å². The summed E-state index contributed by atoms with van der Waals surface area (Å²) in [5, 5.41) is 6.88. The molecule has 29 heavy (non-hydrogen) atoms. The van der Waals surface area contributed by atoms with Gasteiger partial charge in [-0.15, -0.1) is 0 Å². The quantitative estimate of drug-likeness (QED) is 0.511. The fourth-order valence-electron chi connectivity index (χ4n) is 3.08. The van der Waals surface area contributed by atoms with Crippen LogP contribution in [0.25, 0.3) is 0 Å². The van der Waals surface area contributed by atoms with Gasteiger partial charge in [-0.25, -0.2) is 13.4 Å². The van der Waals surface area contributed by atoms with Crippen molar-refractivity contribution in [1.82, 2.24) is 24.6 Å². The molecule has 3 aromatic rings. The largest absolute Gasteiger partial charge is 0.384 e. The van der Waals surface area contributed by atoms with Crippen LogP contribution in [-0.4, -0.2) is 66.1 Å². The summed E-state index contributed by atoms with van der Waals surface area (Å²) in [5.41, 5.74) is 3.02. The van der Waals surface area contributed by atoms with Gasteiger partial charge >= 0.3 is 0 Å². The first kappa shape index (κ1) is 21.2. The molecule has 2 aromatic heterocycles. The van der Waals surface area contributed by atoms with Crippen LogP contribution in [0.15, 0.2) is 54.1 Å². The van der Waals surface area contributed by atoms with Crippen LogP contribution >= 0.6 is 0 Å². The lowest BCUT2D eigenvalue weighted by Crippen LogP contribution is -2.24. The first-order chi connectivity index (χ1) is 14.0. The summed E-state index contributed by atoms with van der Waals surface area (Å²) >= 11 is 0. The number of benzene rings is 1. The molecule has 9 heteroatoms. The highest BCUT2D eigenvalue weighted by Crippen LogP contribution is 2.17. The maximum absolute atomic E-state index is 12.8. The molecule has 0 atom stereocenters. The predicted molar refractivity (Wildman–Crippen MR) is 110 cm³/mol. The number of likely N-dealkylation sites (N-methyl/N-ethyl adjacent to an activating group) is 1. The first-order valence-electron chi connectivity index (χ1n) is 9.46. The molecule has 0 amide bonds. The Morgan fingerprint density at radius 3 is 2.66 bits per heavy atom. The van der Waals surface area contributed by atoms with Crippen LogP contribution in [0.3, 0.4) is 0 Å². The zero-order valence-corrected chi connectivity index (χ0v) is 17.6. The molecular formula is C20H27N5O3S. The molecule has 0 aliphatic heterocycles.